The van der Waals surface area contributed by atoms with E-state index in [0.717, 1.165) is 0 Å². The first-order chi connectivity index (χ1) is 8.86. The van der Waals surface area contributed by atoms with Gasteiger partial charge in [-0.15, -0.1) is 0 Å². The minimum Gasteiger partial charge on any atom is -0.251 e. The number of hydrogen-bond acceptors (Lipinski definition) is 4. The van der Waals surface area contributed by atoms with Crippen LogP contribution in [0.3, 0.4) is 0 Å². The van der Waals surface area contributed by atoms with Crippen LogP contribution in [0.15, 0.2) is 11.3 Å². The molecule has 0 aromatic carbocycles. The highest BCUT2D eigenvalue weighted by molar-refractivity contribution is 6.83. The summed E-state index contributed by atoms with van der Waals surface area (Å²) in [7, 11) is -3.22. The topological polar surface area (TPSA) is 47.9 Å². The van der Waals surface area contributed by atoms with Crippen LogP contribution in [0.5, 0.6) is 0 Å². The molecule has 0 radical (unpaired) electrons. The minimum absolute atomic E-state index is 0.131. The second-order valence-electron chi connectivity index (χ2n) is 8.67. The highest BCUT2D eigenvalue weighted by atomic mass is 28.3. The van der Waals surface area contributed by atoms with Crippen LogP contribution in [-0.2, 0) is 14.7 Å². The lowest BCUT2D eigenvalue weighted by atomic mass is 9.78. The molecule has 3 rings (SSSR count). The lowest BCUT2D eigenvalue weighted by Crippen LogP contribution is -2.70. The summed E-state index contributed by atoms with van der Waals surface area (Å²) >= 11 is 0. The first-order valence-corrected chi connectivity index (χ1v) is 14.3. The molecule has 4 nitrogen and oxygen atoms in total. The average Bonchev–Trinajstić information content (AvgIpc) is 2.24. The molecule has 0 aromatic rings. The normalized spacial score (nSPS) is 41.8. The van der Waals surface area contributed by atoms with Crippen LogP contribution < -0.4 is 0 Å². The number of hydrogen-bond donors (Lipinski definition) is 1. The molecule has 2 heterocycles. The fraction of sp³-hybridized carbons (Fsp3) is 0.857. The summed E-state index contributed by atoms with van der Waals surface area (Å²) in [4.78, 5) is 16.4. The summed E-state index contributed by atoms with van der Waals surface area (Å²) in [6.45, 7) is 17.7. The highest BCUT2D eigenvalue weighted by Crippen LogP contribution is 2.58. The van der Waals surface area contributed by atoms with Crippen LogP contribution in [-0.4, -0.2) is 38.7 Å². The first kappa shape index (κ1) is 16.4. The zero-order chi connectivity index (χ0) is 15.6. The molecule has 0 saturated carbocycles. The lowest BCUT2D eigenvalue weighted by molar-refractivity contribution is -0.464. The Bertz CT molecular complexity index is 437. The molecule has 0 spiro atoms. The fourth-order valence-electron chi connectivity index (χ4n) is 4.30. The van der Waals surface area contributed by atoms with Gasteiger partial charge in [-0.3, -0.25) is 5.26 Å². The second kappa shape index (κ2) is 4.50. The Kier molecular flexibility index (Phi) is 3.69. The molecule has 116 valence electrons. The molecule has 20 heavy (non-hydrogen) atoms. The van der Waals surface area contributed by atoms with Crippen molar-refractivity contribution in [2.24, 2.45) is 0 Å². The van der Waals surface area contributed by atoms with Crippen LogP contribution in [0.25, 0.3) is 0 Å². The third kappa shape index (κ3) is 2.26. The van der Waals surface area contributed by atoms with E-state index in [1.54, 1.807) is 0 Å². The standard InChI is InChI=1S/C14H28O4Si2/c1-13-9-10(19(3,4)5)11(16-18-13)14(2,17-15)12(13)20(6,7)8/h9,11-12,15H,1-8H3. The van der Waals surface area contributed by atoms with Crippen molar-refractivity contribution < 1.29 is 19.9 Å². The zero-order valence-corrected chi connectivity index (χ0v) is 15.9. The second-order valence-corrected chi connectivity index (χ2v) is 19.1. The molecule has 3 aliphatic rings. The van der Waals surface area contributed by atoms with Crippen molar-refractivity contribution in [3.8, 4) is 0 Å². The summed E-state index contributed by atoms with van der Waals surface area (Å²) < 4.78 is 0. The summed E-state index contributed by atoms with van der Waals surface area (Å²) in [6, 6.07) is 0. The molecular weight excluding hydrogens is 288 g/mol. The van der Waals surface area contributed by atoms with Gasteiger partial charge in [-0.2, -0.15) is 0 Å². The fourth-order valence-corrected chi connectivity index (χ4v) is 9.91. The molecule has 2 aliphatic heterocycles. The molecule has 1 saturated heterocycles. The van der Waals surface area contributed by atoms with E-state index in [1.165, 1.54) is 5.20 Å². The zero-order valence-electron chi connectivity index (χ0n) is 13.9. The van der Waals surface area contributed by atoms with Gasteiger partial charge in [-0.05, 0) is 19.0 Å². The van der Waals surface area contributed by atoms with Gasteiger partial charge in [0.1, 0.15) is 17.3 Å². The van der Waals surface area contributed by atoms with Gasteiger partial charge in [0.25, 0.3) is 0 Å². The van der Waals surface area contributed by atoms with E-state index in [-0.39, 0.29) is 11.6 Å². The van der Waals surface area contributed by atoms with Crippen molar-refractivity contribution in [1.29, 1.82) is 0 Å². The molecular formula is C14H28O4Si2. The van der Waals surface area contributed by atoms with E-state index in [9.17, 15) is 5.26 Å². The van der Waals surface area contributed by atoms with Gasteiger partial charge in [0, 0.05) is 5.54 Å². The summed E-state index contributed by atoms with van der Waals surface area (Å²) in [5.74, 6) is 0. The van der Waals surface area contributed by atoms with Crippen LogP contribution in [0.4, 0.5) is 0 Å². The Morgan fingerprint density at radius 2 is 1.70 bits per heavy atom. The van der Waals surface area contributed by atoms with E-state index < -0.39 is 27.3 Å². The molecule has 1 aliphatic carbocycles. The van der Waals surface area contributed by atoms with Gasteiger partial charge < -0.3 is 0 Å². The Balaban J connectivity index is 2.63. The monoisotopic (exact) mass is 316 g/mol. The van der Waals surface area contributed by atoms with Crippen molar-refractivity contribution in [3.63, 3.8) is 0 Å². The van der Waals surface area contributed by atoms with E-state index in [1.807, 2.05) is 6.92 Å². The molecule has 1 N–H and O–H groups in total. The predicted molar refractivity (Wildman–Crippen MR) is 85.0 cm³/mol. The molecule has 6 heteroatoms. The molecule has 1 fully saturated rings. The lowest BCUT2D eigenvalue weighted by Gasteiger charge is -2.60. The van der Waals surface area contributed by atoms with Gasteiger partial charge in [0.2, 0.25) is 0 Å². The maximum atomic E-state index is 9.68. The Morgan fingerprint density at radius 3 is 2.10 bits per heavy atom. The van der Waals surface area contributed by atoms with E-state index in [0.29, 0.717) is 0 Å². The predicted octanol–water partition coefficient (Wildman–Crippen LogP) is 3.85. The average molecular weight is 317 g/mol. The SMILES string of the molecule is CC12C=C([Si](C)(C)C)C(OO1)C(C)(OO)C2[Si](C)(C)C. The number of rotatable bonds is 3. The summed E-state index contributed by atoms with van der Waals surface area (Å²) in [6.07, 6.45) is 1.95. The quantitative estimate of drug-likeness (QED) is 0.488. The molecule has 0 amide bonds. The molecule has 4 atom stereocenters. The van der Waals surface area contributed by atoms with Gasteiger partial charge >= 0.3 is 0 Å². The largest absolute Gasteiger partial charge is 0.251 e. The van der Waals surface area contributed by atoms with Gasteiger partial charge in [0.05, 0.1) is 16.1 Å². The first-order valence-electron chi connectivity index (χ1n) is 7.26. The van der Waals surface area contributed by atoms with Crippen molar-refractivity contribution in [1.82, 2.24) is 0 Å². The molecule has 0 aromatic heterocycles. The van der Waals surface area contributed by atoms with Crippen LogP contribution in [0.1, 0.15) is 13.8 Å². The van der Waals surface area contributed by atoms with Crippen molar-refractivity contribution in [2.75, 3.05) is 0 Å². The van der Waals surface area contributed by atoms with Crippen molar-refractivity contribution in [2.45, 2.75) is 76.0 Å². The van der Waals surface area contributed by atoms with Gasteiger partial charge in [-0.1, -0.05) is 45.4 Å². The Labute approximate surface area is 124 Å². The molecule has 4 unspecified atom stereocenters. The Morgan fingerprint density at radius 1 is 1.15 bits per heavy atom. The number of fused-ring (bicyclic) bond motifs is 2. The summed E-state index contributed by atoms with van der Waals surface area (Å²) in [5, 5.41) is 11.0. The minimum atomic E-state index is -1.65. The van der Waals surface area contributed by atoms with Crippen molar-refractivity contribution >= 4 is 16.1 Å². The van der Waals surface area contributed by atoms with E-state index >= 15 is 0 Å². The Hall–Kier alpha value is 0.0138. The van der Waals surface area contributed by atoms with Crippen molar-refractivity contribution in [3.05, 3.63) is 11.3 Å². The third-order valence-corrected chi connectivity index (χ3v) is 9.66. The smallest absolute Gasteiger partial charge is 0.143 e. The third-order valence-electron chi connectivity index (χ3n) is 4.64. The van der Waals surface area contributed by atoms with Gasteiger partial charge in [0.15, 0.2) is 0 Å². The van der Waals surface area contributed by atoms with Crippen LogP contribution in [0, 0.1) is 0 Å². The summed E-state index contributed by atoms with van der Waals surface area (Å²) in [5.41, 5.74) is -1.12. The van der Waals surface area contributed by atoms with Crippen LogP contribution >= 0.6 is 0 Å². The maximum absolute atomic E-state index is 9.68. The molecule has 2 bridgehead atoms. The van der Waals surface area contributed by atoms with E-state index in [4.69, 9.17) is 14.7 Å². The van der Waals surface area contributed by atoms with Gasteiger partial charge in [-0.25, -0.2) is 14.7 Å². The van der Waals surface area contributed by atoms with Crippen LogP contribution in [0.2, 0.25) is 44.8 Å². The maximum Gasteiger partial charge on any atom is 0.143 e. The van der Waals surface area contributed by atoms with E-state index in [2.05, 4.69) is 52.3 Å². The highest BCUT2D eigenvalue weighted by Gasteiger charge is 2.66.